The van der Waals surface area contributed by atoms with E-state index in [0.29, 0.717) is 19.4 Å². The van der Waals surface area contributed by atoms with Gasteiger partial charge in [-0.05, 0) is 18.6 Å². The smallest absolute Gasteiger partial charge is 0.292 e. The molecule has 0 atom stereocenters. The van der Waals surface area contributed by atoms with Crippen molar-refractivity contribution in [2.24, 2.45) is 0 Å². The third kappa shape index (κ3) is 3.75. The van der Waals surface area contributed by atoms with E-state index in [1.54, 1.807) is 0 Å². The van der Waals surface area contributed by atoms with Crippen molar-refractivity contribution >= 4 is 17.3 Å². The van der Waals surface area contributed by atoms with E-state index in [2.05, 4.69) is 20.5 Å². The number of aryl methyl sites for hydroxylation is 1. The molecule has 1 aromatic heterocycles. The van der Waals surface area contributed by atoms with Crippen LogP contribution in [0.5, 0.6) is 0 Å². The fraction of sp³-hybridized carbons (Fsp3) is 0.250. The molecule has 0 bridgehead atoms. The minimum absolute atomic E-state index is 0.0330. The number of nitro benzene ring substituents is 1. The van der Waals surface area contributed by atoms with Crippen molar-refractivity contribution in [2.45, 2.75) is 12.8 Å². The van der Waals surface area contributed by atoms with Crippen LogP contribution in [0.2, 0.25) is 0 Å². The molecule has 9 nitrogen and oxygen atoms in total. The van der Waals surface area contributed by atoms with E-state index in [0.717, 1.165) is 5.82 Å². The summed E-state index contributed by atoms with van der Waals surface area (Å²) in [6.07, 6.45) is 2.79. The second kappa shape index (κ2) is 6.46. The molecule has 1 aromatic carbocycles. The molecule has 0 radical (unpaired) electrons. The number of H-pyrrole nitrogens is 1. The van der Waals surface area contributed by atoms with E-state index >= 15 is 0 Å². The van der Waals surface area contributed by atoms with Gasteiger partial charge in [0.2, 0.25) is 0 Å². The maximum absolute atomic E-state index is 11.9. The quantitative estimate of drug-likeness (QED) is 0.309. The van der Waals surface area contributed by atoms with E-state index in [9.17, 15) is 14.9 Å². The summed E-state index contributed by atoms with van der Waals surface area (Å²) in [4.78, 5) is 25.9. The molecule has 0 aliphatic carbocycles. The molecule has 0 aliphatic rings. The predicted octanol–water partition coefficient (Wildman–Crippen LogP) is 0.658. The first-order valence-corrected chi connectivity index (χ1v) is 6.24. The first-order chi connectivity index (χ1) is 10.1. The van der Waals surface area contributed by atoms with E-state index in [-0.39, 0.29) is 22.8 Å². The molecule has 21 heavy (non-hydrogen) atoms. The van der Waals surface area contributed by atoms with Crippen molar-refractivity contribution in [2.75, 3.05) is 12.3 Å². The van der Waals surface area contributed by atoms with Gasteiger partial charge in [0.05, 0.1) is 4.92 Å². The van der Waals surface area contributed by atoms with Gasteiger partial charge < -0.3 is 11.1 Å². The normalized spacial score (nSPS) is 10.3. The van der Waals surface area contributed by atoms with Crippen molar-refractivity contribution in [1.29, 1.82) is 0 Å². The first kappa shape index (κ1) is 14.4. The summed E-state index contributed by atoms with van der Waals surface area (Å²) < 4.78 is 0. The zero-order valence-corrected chi connectivity index (χ0v) is 11.1. The van der Waals surface area contributed by atoms with Gasteiger partial charge in [-0.1, -0.05) is 0 Å². The van der Waals surface area contributed by atoms with Crippen LogP contribution in [0.4, 0.5) is 11.4 Å². The Morgan fingerprint density at radius 2 is 2.29 bits per heavy atom. The Morgan fingerprint density at radius 1 is 1.48 bits per heavy atom. The SMILES string of the molecule is Nc1cc(C(=O)NCCCc2ncn[nH]2)ccc1[N+](=O)[O-]. The van der Waals surface area contributed by atoms with Gasteiger partial charge in [-0.15, -0.1) is 0 Å². The molecule has 0 spiro atoms. The average molecular weight is 290 g/mol. The Hall–Kier alpha value is -2.97. The monoisotopic (exact) mass is 290 g/mol. The topological polar surface area (TPSA) is 140 Å². The molecular formula is C12H14N6O3. The van der Waals surface area contributed by atoms with E-state index in [4.69, 9.17) is 5.73 Å². The van der Waals surface area contributed by atoms with Crippen molar-refractivity contribution in [3.63, 3.8) is 0 Å². The number of aromatic amines is 1. The molecule has 0 saturated heterocycles. The lowest BCUT2D eigenvalue weighted by Crippen LogP contribution is -2.25. The molecule has 1 heterocycles. The molecule has 2 aromatic rings. The lowest BCUT2D eigenvalue weighted by Gasteiger charge is -2.05. The number of amides is 1. The van der Waals surface area contributed by atoms with Crippen LogP contribution >= 0.6 is 0 Å². The number of nitrogens with zero attached hydrogens (tertiary/aromatic N) is 3. The summed E-state index contributed by atoms with van der Waals surface area (Å²) in [5.41, 5.74) is 5.58. The number of hydrogen-bond donors (Lipinski definition) is 3. The Kier molecular flexibility index (Phi) is 4.44. The number of nitrogens with one attached hydrogen (secondary N) is 2. The van der Waals surface area contributed by atoms with Crippen LogP contribution in [-0.4, -0.2) is 32.6 Å². The Bertz CT molecular complexity index is 640. The summed E-state index contributed by atoms with van der Waals surface area (Å²) in [6, 6.07) is 3.89. The Labute approximate surface area is 119 Å². The Balaban J connectivity index is 1.85. The van der Waals surface area contributed by atoms with Crippen LogP contribution in [0.15, 0.2) is 24.5 Å². The minimum Gasteiger partial charge on any atom is -0.393 e. The fourth-order valence-corrected chi connectivity index (χ4v) is 1.77. The highest BCUT2D eigenvalue weighted by Crippen LogP contribution is 2.21. The second-order valence-corrected chi connectivity index (χ2v) is 4.32. The average Bonchev–Trinajstić information content (AvgIpc) is 2.96. The Morgan fingerprint density at radius 3 is 2.90 bits per heavy atom. The maximum atomic E-state index is 11.9. The minimum atomic E-state index is -0.589. The van der Waals surface area contributed by atoms with Gasteiger partial charge in [0, 0.05) is 24.6 Å². The van der Waals surface area contributed by atoms with Gasteiger partial charge in [0.15, 0.2) is 0 Å². The highest BCUT2D eigenvalue weighted by molar-refractivity contribution is 5.95. The third-order valence-electron chi connectivity index (χ3n) is 2.83. The van der Waals surface area contributed by atoms with Crippen molar-refractivity contribution in [1.82, 2.24) is 20.5 Å². The van der Waals surface area contributed by atoms with Crippen LogP contribution < -0.4 is 11.1 Å². The van der Waals surface area contributed by atoms with Gasteiger partial charge >= 0.3 is 0 Å². The number of nitro groups is 1. The molecule has 0 fully saturated rings. The predicted molar refractivity (Wildman–Crippen MR) is 74.5 cm³/mol. The summed E-state index contributed by atoms with van der Waals surface area (Å²) >= 11 is 0. The molecule has 9 heteroatoms. The number of rotatable bonds is 6. The largest absolute Gasteiger partial charge is 0.393 e. The van der Waals surface area contributed by atoms with Gasteiger partial charge in [-0.2, -0.15) is 5.10 Å². The van der Waals surface area contributed by atoms with Gasteiger partial charge in [0.25, 0.3) is 11.6 Å². The lowest BCUT2D eigenvalue weighted by molar-refractivity contribution is -0.383. The highest BCUT2D eigenvalue weighted by Gasteiger charge is 2.14. The molecule has 4 N–H and O–H groups in total. The van der Waals surface area contributed by atoms with Crippen LogP contribution in [-0.2, 0) is 6.42 Å². The molecular weight excluding hydrogens is 276 g/mol. The zero-order valence-electron chi connectivity index (χ0n) is 11.1. The maximum Gasteiger partial charge on any atom is 0.292 e. The van der Waals surface area contributed by atoms with Gasteiger partial charge in [-0.25, -0.2) is 4.98 Å². The molecule has 0 saturated carbocycles. The molecule has 2 rings (SSSR count). The molecule has 110 valence electrons. The van der Waals surface area contributed by atoms with Gasteiger partial charge in [0.1, 0.15) is 17.8 Å². The number of benzene rings is 1. The number of hydrogen-bond acceptors (Lipinski definition) is 6. The number of carbonyl (C=O) groups is 1. The second-order valence-electron chi connectivity index (χ2n) is 4.32. The van der Waals surface area contributed by atoms with Crippen LogP contribution in [0.3, 0.4) is 0 Å². The van der Waals surface area contributed by atoms with Crippen LogP contribution in [0.1, 0.15) is 22.6 Å². The number of carbonyl (C=O) groups excluding carboxylic acids is 1. The summed E-state index contributed by atoms with van der Waals surface area (Å²) in [6.45, 7) is 0.455. The lowest BCUT2D eigenvalue weighted by atomic mass is 10.1. The van der Waals surface area contributed by atoms with Crippen molar-refractivity contribution < 1.29 is 9.72 Å². The zero-order chi connectivity index (χ0) is 15.2. The molecule has 1 amide bonds. The van der Waals surface area contributed by atoms with Crippen molar-refractivity contribution in [3.05, 3.63) is 46.0 Å². The third-order valence-corrected chi connectivity index (χ3v) is 2.83. The van der Waals surface area contributed by atoms with Crippen molar-refractivity contribution in [3.8, 4) is 0 Å². The number of nitrogens with two attached hydrogens (primary N) is 1. The van der Waals surface area contributed by atoms with E-state index in [1.165, 1.54) is 24.5 Å². The first-order valence-electron chi connectivity index (χ1n) is 6.24. The summed E-state index contributed by atoms with van der Waals surface area (Å²) in [5.74, 6) is 0.429. The van der Waals surface area contributed by atoms with E-state index < -0.39 is 4.92 Å². The number of aromatic nitrogens is 3. The van der Waals surface area contributed by atoms with Crippen LogP contribution in [0, 0.1) is 10.1 Å². The highest BCUT2D eigenvalue weighted by atomic mass is 16.6. The molecule has 0 unspecified atom stereocenters. The van der Waals surface area contributed by atoms with E-state index in [1.807, 2.05) is 0 Å². The fourth-order valence-electron chi connectivity index (χ4n) is 1.77. The number of anilines is 1. The molecule has 0 aliphatic heterocycles. The number of nitrogen functional groups attached to an aromatic ring is 1. The standard InChI is InChI=1S/C12H14N6O3/c13-9-6-8(3-4-10(9)18(20)21)12(19)14-5-1-2-11-15-7-16-17-11/h3-4,6-7H,1-2,5,13H2,(H,14,19)(H,15,16,17). The summed E-state index contributed by atoms with van der Waals surface area (Å²) in [7, 11) is 0. The van der Waals surface area contributed by atoms with Crippen LogP contribution in [0.25, 0.3) is 0 Å². The van der Waals surface area contributed by atoms with Gasteiger partial charge in [-0.3, -0.25) is 20.0 Å². The summed E-state index contributed by atoms with van der Waals surface area (Å²) in [5, 5.41) is 19.8.